The summed E-state index contributed by atoms with van der Waals surface area (Å²) in [5, 5.41) is 30.5. The quantitative estimate of drug-likeness (QED) is 0.115. The Kier molecular flexibility index (Phi) is 12.2. The molecule has 0 aliphatic carbocycles. The molecule has 9 N–H and O–H groups in total. The Morgan fingerprint density at radius 2 is 1.44 bits per heavy atom. The zero-order chi connectivity index (χ0) is 21.0. The second-order valence-corrected chi connectivity index (χ2v) is 7.78. The molecule has 0 radical (unpaired) electrons. The maximum atomic E-state index is 12.0. The summed E-state index contributed by atoms with van der Waals surface area (Å²) in [6.07, 6.45) is -0.377. The molecule has 2 amide bonds. The average molecular weight is 426 g/mol. The van der Waals surface area contributed by atoms with Crippen molar-refractivity contribution in [2.24, 2.45) is 11.5 Å². The lowest BCUT2D eigenvalue weighted by atomic mass is 10.1. The number of rotatable bonds is 14. The first-order chi connectivity index (χ1) is 12.5. The summed E-state index contributed by atoms with van der Waals surface area (Å²) in [7, 11) is 2.15. The van der Waals surface area contributed by atoms with Gasteiger partial charge in [0.25, 0.3) is 0 Å². The fourth-order valence-corrected chi connectivity index (χ4v) is 3.73. The predicted molar refractivity (Wildman–Crippen MR) is 97.9 cm³/mol. The summed E-state index contributed by atoms with van der Waals surface area (Å²) in [4.78, 5) is 55.7. The minimum atomic E-state index is -1.27. The van der Waals surface area contributed by atoms with E-state index in [1.165, 1.54) is 0 Å². The smallest absolute Gasteiger partial charge is 0.322 e. The third-order valence-electron chi connectivity index (χ3n) is 2.95. The standard InChI is InChI=1S/C13H22N4O8S2/c14-6(12(22)23)1-2-9(18)17-8(11(21)16-3-10(19)20)5-27-26-4-7(15)13(24)25/h6-8H,1-5,14-15H2,(H,16,21)(H,17,18)(H,19,20)(H,22,23)(H,24,25). The Morgan fingerprint density at radius 1 is 0.889 bits per heavy atom. The lowest BCUT2D eigenvalue weighted by molar-refractivity contribution is -0.139. The van der Waals surface area contributed by atoms with Crippen molar-refractivity contribution >= 4 is 51.3 Å². The number of carboxylic acid groups (broad SMARTS) is 3. The van der Waals surface area contributed by atoms with Gasteiger partial charge in [0.2, 0.25) is 11.8 Å². The Balaban J connectivity index is 4.61. The molecule has 0 saturated carbocycles. The number of carboxylic acids is 3. The molecule has 0 saturated heterocycles. The fourth-order valence-electron chi connectivity index (χ4n) is 1.45. The minimum absolute atomic E-state index is 0.0131. The van der Waals surface area contributed by atoms with E-state index in [1.807, 2.05) is 0 Å². The molecule has 14 heteroatoms. The van der Waals surface area contributed by atoms with Crippen LogP contribution in [0.25, 0.3) is 0 Å². The van der Waals surface area contributed by atoms with Gasteiger partial charge in [-0.05, 0) is 6.42 Å². The largest absolute Gasteiger partial charge is 0.480 e. The third kappa shape index (κ3) is 12.1. The van der Waals surface area contributed by atoms with Crippen LogP contribution in [0, 0.1) is 0 Å². The van der Waals surface area contributed by atoms with Crippen molar-refractivity contribution < 1.29 is 39.3 Å². The second kappa shape index (κ2) is 13.2. The van der Waals surface area contributed by atoms with Gasteiger partial charge in [-0.2, -0.15) is 0 Å². The third-order valence-corrected chi connectivity index (χ3v) is 5.40. The highest BCUT2D eigenvalue weighted by molar-refractivity contribution is 8.76. The molecule has 12 nitrogen and oxygen atoms in total. The lowest BCUT2D eigenvalue weighted by Crippen LogP contribution is -2.49. The van der Waals surface area contributed by atoms with E-state index in [0.717, 1.165) is 21.6 Å². The molecule has 3 unspecified atom stereocenters. The van der Waals surface area contributed by atoms with Crippen molar-refractivity contribution in [3.05, 3.63) is 0 Å². The molecule has 0 aliphatic rings. The number of carbonyl (C=O) groups excluding carboxylic acids is 2. The molecule has 0 fully saturated rings. The average Bonchev–Trinajstić information content (AvgIpc) is 2.59. The first-order valence-electron chi connectivity index (χ1n) is 7.54. The molecular weight excluding hydrogens is 404 g/mol. The van der Waals surface area contributed by atoms with Crippen molar-refractivity contribution in [3.8, 4) is 0 Å². The summed E-state index contributed by atoms with van der Waals surface area (Å²) in [5.41, 5.74) is 10.6. The molecule has 0 aliphatic heterocycles. The maximum Gasteiger partial charge on any atom is 0.322 e. The van der Waals surface area contributed by atoms with Gasteiger partial charge < -0.3 is 37.4 Å². The number of nitrogens with two attached hydrogens (primary N) is 2. The van der Waals surface area contributed by atoms with Crippen LogP contribution >= 0.6 is 21.6 Å². The van der Waals surface area contributed by atoms with Gasteiger partial charge in [0, 0.05) is 17.9 Å². The second-order valence-electron chi connectivity index (χ2n) is 5.23. The summed E-state index contributed by atoms with van der Waals surface area (Å²) >= 11 is 0. The highest BCUT2D eigenvalue weighted by Crippen LogP contribution is 2.22. The van der Waals surface area contributed by atoms with Crippen LogP contribution < -0.4 is 22.1 Å². The number of hydrogen-bond donors (Lipinski definition) is 7. The Hall–Kier alpha value is -2.03. The summed E-state index contributed by atoms with van der Waals surface area (Å²) in [6.45, 7) is -0.642. The van der Waals surface area contributed by atoms with Crippen molar-refractivity contribution in [1.82, 2.24) is 10.6 Å². The van der Waals surface area contributed by atoms with Crippen LogP contribution in [-0.2, 0) is 24.0 Å². The molecule has 27 heavy (non-hydrogen) atoms. The highest BCUT2D eigenvalue weighted by atomic mass is 33.1. The van der Waals surface area contributed by atoms with Crippen molar-refractivity contribution in [1.29, 1.82) is 0 Å². The van der Waals surface area contributed by atoms with Gasteiger partial charge in [0.05, 0.1) is 0 Å². The van der Waals surface area contributed by atoms with E-state index in [2.05, 4.69) is 10.6 Å². The van der Waals surface area contributed by atoms with Crippen LogP contribution in [0.2, 0.25) is 0 Å². The molecule has 0 aromatic heterocycles. The maximum absolute atomic E-state index is 12.0. The van der Waals surface area contributed by atoms with E-state index in [1.54, 1.807) is 0 Å². The van der Waals surface area contributed by atoms with Crippen LogP contribution in [0.4, 0.5) is 0 Å². The molecule has 0 bridgehead atoms. The van der Waals surface area contributed by atoms with Crippen LogP contribution in [0.1, 0.15) is 12.8 Å². The number of amides is 2. The van der Waals surface area contributed by atoms with Crippen LogP contribution in [0.3, 0.4) is 0 Å². The summed E-state index contributed by atoms with van der Waals surface area (Å²) in [6, 6.07) is -3.41. The monoisotopic (exact) mass is 426 g/mol. The number of carbonyl (C=O) groups is 5. The predicted octanol–water partition coefficient (Wildman–Crippen LogP) is -2.34. The van der Waals surface area contributed by atoms with E-state index < -0.39 is 54.4 Å². The molecule has 0 heterocycles. The molecule has 0 aromatic carbocycles. The lowest BCUT2D eigenvalue weighted by Gasteiger charge is -2.18. The van der Waals surface area contributed by atoms with Gasteiger partial charge in [-0.3, -0.25) is 24.0 Å². The van der Waals surface area contributed by atoms with Crippen molar-refractivity contribution in [2.75, 3.05) is 18.1 Å². The SMILES string of the molecule is NC(CCC(=O)NC(CSSCC(N)C(=O)O)C(=O)NCC(=O)O)C(=O)O. The molecule has 3 atom stereocenters. The fraction of sp³-hybridized carbons (Fsp3) is 0.615. The Bertz CT molecular complexity index is 562. The van der Waals surface area contributed by atoms with Gasteiger partial charge in [0.15, 0.2) is 0 Å². The van der Waals surface area contributed by atoms with Crippen molar-refractivity contribution in [2.45, 2.75) is 31.0 Å². The van der Waals surface area contributed by atoms with E-state index in [4.69, 9.17) is 26.8 Å². The van der Waals surface area contributed by atoms with Gasteiger partial charge in [-0.25, -0.2) is 0 Å². The van der Waals surface area contributed by atoms with Crippen LogP contribution in [0.5, 0.6) is 0 Å². The molecule has 0 spiro atoms. The topological polar surface area (TPSA) is 222 Å². The zero-order valence-corrected chi connectivity index (χ0v) is 15.8. The van der Waals surface area contributed by atoms with E-state index in [-0.39, 0.29) is 24.3 Å². The summed E-state index contributed by atoms with van der Waals surface area (Å²) < 4.78 is 0. The van der Waals surface area contributed by atoms with Gasteiger partial charge in [-0.1, -0.05) is 21.6 Å². The van der Waals surface area contributed by atoms with Crippen LogP contribution in [-0.4, -0.2) is 81.2 Å². The number of hydrogen-bond acceptors (Lipinski definition) is 9. The highest BCUT2D eigenvalue weighted by Gasteiger charge is 2.23. The Morgan fingerprint density at radius 3 is 1.96 bits per heavy atom. The van der Waals surface area contributed by atoms with Crippen LogP contribution in [0.15, 0.2) is 0 Å². The number of aliphatic carboxylic acids is 3. The Labute approximate surface area is 162 Å². The molecular formula is C13H22N4O8S2. The molecule has 154 valence electrons. The van der Waals surface area contributed by atoms with Crippen molar-refractivity contribution in [3.63, 3.8) is 0 Å². The zero-order valence-electron chi connectivity index (χ0n) is 14.1. The van der Waals surface area contributed by atoms with Gasteiger partial charge in [0.1, 0.15) is 24.7 Å². The minimum Gasteiger partial charge on any atom is -0.480 e. The molecule has 0 aromatic rings. The van der Waals surface area contributed by atoms with E-state index >= 15 is 0 Å². The van der Waals surface area contributed by atoms with Gasteiger partial charge in [-0.15, -0.1) is 0 Å². The van der Waals surface area contributed by atoms with E-state index in [9.17, 15) is 24.0 Å². The first-order valence-corrected chi connectivity index (χ1v) is 10.0. The normalized spacial score (nSPS) is 13.9. The molecule has 0 rings (SSSR count). The first kappa shape index (κ1) is 25.0. The number of nitrogens with one attached hydrogen (secondary N) is 2. The van der Waals surface area contributed by atoms with Gasteiger partial charge >= 0.3 is 17.9 Å². The summed E-state index contributed by atoms with van der Waals surface area (Å²) in [5.74, 6) is -5.01. The van der Waals surface area contributed by atoms with E-state index in [0.29, 0.717) is 0 Å².